The van der Waals surface area contributed by atoms with E-state index in [2.05, 4.69) is 92.0 Å². The number of nitrogens with two attached hydrogens (primary N) is 3. The summed E-state index contributed by atoms with van der Waals surface area (Å²) in [6.07, 6.45) is 6.29. The van der Waals surface area contributed by atoms with Crippen LogP contribution in [0.15, 0.2) is 201 Å². The zero-order chi connectivity index (χ0) is 91.1. The molecule has 3 amide bonds. The third kappa shape index (κ3) is 36.2. The number of para-hydroxylation sites is 4. The van der Waals surface area contributed by atoms with Gasteiger partial charge >= 0.3 is 115 Å². The van der Waals surface area contributed by atoms with Crippen LogP contribution >= 0.6 is 81.2 Å². The van der Waals surface area contributed by atoms with Crippen LogP contribution in [0.4, 0.5) is 86.2 Å². The second-order valence-corrected chi connectivity index (χ2v) is 26.6. The van der Waals surface area contributed by atoms with E-state index in [1.165, 1.54) is 75.3 Å². The van der Waals surface area contributed by atoms with E-state index in [9.17, 15) is 49.0 Å². The number of anilines is 13. The van der Waals surface area contributed by atoms with Gasteiger partial charge < -0.3 is 92.9 Å². The fourth-order valence-electron chi connectivity index (χ4n) is 9.83. The number of nitro benzene ring substituents is 2. The zero-order valence-corrected chi connectivity index (χ0v) is 82.3. The number of esters is 2. The number of hydrogen-bond donors (Lipinski definition) is 11. The van der Waals surface area contributed by atoms with Gasteiger partial charge in [0.15, 0.2) is 28.4 Å². The Morgan fingerprint density at radius 3 is 1.32 bits per heavy atom. The van der Waals surface area contributed by atoms with Gasteiger partial charge in [0.05, 0.1) is 117 Å². The first-order valence-electron chi connectivity index (χ1n) is 35.4. The number of non-ortho nitro benzene ring substituents is 2. The summed E-state index contributed by atoms with van der Waals surface area (Å²) < 4.78 is 15.0. The molecule has 0 bridgehead atoms. The molecule has 664 valence electrons. The molecular formula is C81H77Cl7K2N21O16Pd-. The van der Waals surface area contributed by atoms with Crippen LogP contribution in [0.3, 0.4) is 0 Å². The first-order valence-corrected chi connectivity index (χ1v) is 38.0. The number of cyclic esters (lactones) is 2. The predicted molar refractivity (Wildman–Crippen MR) is 479 cm³/mol. The zero-order valence-electron chi connectivity index (χ0n) is 70.2. The summed E-state index contributed by atoms with van der Waals surface area (Å²) in [5, 5.41) is 54.0. The molecule has 1 aliphatic heterocycles. The predicted octanol–water partition coefficient (Wildman–Crippen LogP) is 10.1. The molecule has 14 N–H and O–H groups in total. The Labute approximate surface area is 867 Å². The number of Topliss-reactive ketones (excluding diaryl/α,β-unsaturated/α-hetero) is 1. The van der Waals surface area contributed by atoms with E-state index in [4.69, 9.17) is 118 Å². The molecule has 47 heteroatoms. The number of carbonyl (C=O) groups excluding carboxylic acids is 7. The van der Waals surface area contributed by atoms with Gasteiger partial charge in [-0.1, -0.05) is 132 Å². The van der Waals surface area contributed by atoms with E-state index in [0.717, 1.165) is 11.1 Å². The molecule has 37 nitrogen and oxygen atoms in total. The number of nitro groups is 2. The van der Waals surface area contributed by atoms with Crippen LogP contribution in [0.1, 0.15) is 77.7 Å². The molecule has 12 aromatic rings. The van der Waals surface area contributed by atoms with Crippen molar-refractivity contribution in [1.29, 1.82) is 0 Å². The van der Waals surface area contributed by atoms with Gasteiger partial charge in [-0.2, -0.15) is 15.0 Å². The van der Waals surface area contributed by atoms with Crippen LogP contribution in [0, 0.1) is 34.6 Å². The Balaban J connectivity index is 0.000000773. The monoisotopic (exact) mass is 2030 g/mol. The number of nitrogens with zero attached hydrogens (tertiary/aromatic N) is 10. The van der Waals surface area contributed by atoms with Gasteiger partial charge in [0, 0.05) is 94.9 Å². The molecule has 0 unspecified atom stereocenters. The molecule has 0 saturated heterocycles. The van der Waals surface area contributed by atoms with Crippen LogP contribution in [-0.4, -0.2) is 127 Å². The molecule has 5 heterocycles. The second-order valence-electron chi connectivity index (χ2n) is 23.9. The largest absolute Gasteiger partial charge is 1.00 e. The summed E-state index contributed by atoms with van der Waals surface area (Å²) in [5.41, 5.74) is 25.2. The van der Waals surface area contributed by atoms with Crippen LogP contribution in [0.25, 0.3) is 0 Å². The number of nitrogens with one attached hydrogen (secondary N) is 8. The van der Waals surface area contributed by atoms with Gasteiger partial charge in [0.2, 0.25) is 22.5 Å². The average molecular weight is 2030 g/mol. The molecule has 128 heavy (non-hydrogen) atoms. The number of hydrogen-bond acceptors (Lipinski definition) is 32. The van der Waals surface area contributed by atoms with Crippen molar-refractivity contribution in [2.24, 2.45) is 0 Å². The van der Waals surface area contributed by atoms with Crippen LogP contribution in [-0.2, 0) is 46.1 Å². The van der Waals surface area contributed by atoms with Crippen molar-refractivity contribution in [3.63, 3.8) is 0 Å². The molecule has 0 fully saturated rings. The van der Waals surface area contributed by atoms with Crippen molar-refractivity contribution in [3.8, 4) is 11.5 Å². The molecule has 0 aliphatic carbocycles. The maximum absolute atomic E-state index is 12.1. The normalized spacial score (nSPS) is 10.1. The number of halogens is 7. The molecule has 4 aromatic heterocycles. The minimum absolute atomic E-state index is 0. The summed E-state index contributed by atoms with van der Waals surface area (Å²) in [6.45, 7) is 3.39. The number of amides is 3. The minimum atomic E-state index is -0.540. The van der Waals surface area contributed by atoms with Crippen molar-refractivity contribution >= 4 is 209 Å². The van der Waals surface area contributed by atoms with Gasteiger partial charge in [-0.05, 0) is 120 Å². The van der Waals surface area contributed by atoms with Crippen LogP contribution < -0.4 is 177 Å². The average Bonchev–Trinajstić information content (AvgIpc) is 0.823. The Hall–Kier alpha value is -10.5. The molecule has 0 atom stereocenters. The number of methoxy groups -OCH3 is 2. The SMILES string of the molecule is CCC(=O)c1ccccc1N.CNC(=O)c1ccccc1Nc1nc(Cl)ncc1Cl.CNC(=O)c1ccccc1Nc1nc(Nc2ccc(N)cc2OC)ncc1Cl.CNC(=O)c1ccccc1Nc1nc(Nc2ccc([N+](=O)[O-])cc2OC)ncc1Cl.Cc1cc([N+](=O)[O-])ccc1N.Clc1ncc(Cl)c(Cl)n1.O=C1Cc2ccccc2C(=O)O1.O=CO[O-].[CH3-].[H-].[K+].[K+].[Pd]. The van der Waals surface area contributed by atoms with E-state index >= 15 is 0 Å². The number of ketones is 1. The quantitative estimate of drug-likeness (QED) is 0.00275. The number of fused-ring (bicyclic) bond motifs is 1. The van der Waals surface area contributed by atoms with E-state index in [0.29, 0.717) is 118 Å². The molecule has 8 aromatic carbocycles. The summed E-state index contributed by atoms with van der Waals surface area (Å²) >= 11 is 40.4. The van der Waals surface area contributed by atoms with Crippen molar-refractivity contribution in [1.82, 2.24) is 55.8 Å². The van der Waals surface area contributed by atoms with E-state index < -0.39 is 21.8 Å². The third-order valence-electron chi connectivity index (χ3n) is 15.8. The molecular weight excluding hydrogens is 1960 g/mol. The number of aromatic nitrogens is 8. The summed E-state index contributed by atoms with van der Waals surface area (Å²) in [4.78, 5) is 132. The van der Waals surface area contributed by atoms with Crippen LogP contribution in [0.5, 0.6) is 11.5 Å². The van der Waals surface area contributed by atoms with Gasteiger partial charge in [-0.3, -0.25) is 49.0 Å². The fourth-order valence-corrected chi connectivity index (χ4v) is 10.8. The number of carbonyl (C=O) groups is 7. The Kier molecular flexibility index (Phi) is 52.2. The van der Waals surface area contributed by atoms with E-state index in [1.54, 1.807) is 149 Å². The Morgan fingerprint density at radius 1 is 0.508 bits per heavy atom. The number of aryl methyl sites for hydroxylation is 1. The summed E-state index contributed by atoms with van der Waals surface area (Å²) in [6, 6.07) is 48.7. The summed E-state index contributed by atoms with van der Waals surface area (Å²) in [5.74, 6) is 0.631. The molecule has 0 spiro atoms. The molecule has 1 aliphatic rings. The third-order valence-corrected chi connectivity index (χ3v) is 17.7. The van der Waals surface area contributed by atoms with Crippen molar-refractivity contribution in [2.45, 2.75) is 26.7 Å². The van der Waals surface area contributed by atoms with E-state index in [-0.39, 0.29) is 218 Å². The topological polar surface area (TPSA) is 543 Å². The maximum atomic E-state index is 12.1. The molecule has 0 saturated carbocycles. The Morgan fingerprint density at radius 2 is 0.898 bits per heavy atom. The standard InChI is InChI=1S/C19H17ClN6O4.C19H19ClN6O2.C12H10Cl2N4O.C9H11NO.C9H6O3.C7H8N2O2.C4HCl3N2.CH2O3.CH3.2K.Pd.H/c1-21-18(27)12-5-3-4-6-14(12)23-17-13(20)10-22-19(25-17)24-15-8-7-11(26(28)29)9-16(15)30-2;1-22-18(27)12-5-3-4-6-14(12)24-17-13(20)10-23-19(26-17)25-15-8-7-11(21)9-16(15)28-2;1-15-11(19)7-4-2-3-5-9(7)17-10-8(13)6-16-12(14)18-10;1-2-9(11)7-5-3-4-6-8(7)10;10-8-5-6-3-1-2-4-7(6)9(11)12-8;1-5-4-6(9(10)11)2-3-7(5)8;5-2-1-8-4(7)9-3(2)6;2-1-4-3;;;;;/h3-10H,1-2H3,(H,21,27)(H2,22,23,24,25);3-10H,21H2,1-2H3,(H,22,27)(H2,23,24,25,26);2-6H,1H3,(H,15,19)(H,16,17,18);3-6H,2,10H2,1H3;1-4H,5H2;2-4H,8H2,1H3;1H;1,3H;1H3;;;;/q;;;;;;;;-1;2*+1;;-1/p-1. The van der Waals surface area contributed by atoms with E-state index in [1.807, 2.05) is 25.1 Å². The van der Waals surface area contributed by atoms with Crippen LogP contribution in [0.2, 0.25) is 35.8 Å². The minimum Gasteiger partial charge on any atom is -1.00 e. The van der Waals surface area contributed by atoms with Gasteiger partial charge in [-0.25, -0.2) is 29.7 Å². The fraction of sp³-hybridized carbons (Fsp3) is 0.111. The first-order chi connectivity index (χ1) is 59.3. The number of benzene rings is 8. The smallest absolute Gasteiger partial charge is 1.00 e. The van der Waals surface area contributed by atoms with Crippen molar-refractivity contribution in [2.75, 3.05) is 79.1 Å². The van der Waals surface area contributed by atoms with Gasteiger partial charge in [0.25, 0.3) is 35.6 Å². The second kappa shape index (κ2) is 58.9. The Bertz CT molecular complexity index is 5830. The number of nitrogen functional groups attached to an aromatic ring is 3. The molecule has 0 radical (unpaired) electrons. The molecule has 13 rings (SSSR count). The first kappa shape index (κ1) is 114. The van der Waals surface area contributed by atoms with Crippen molar-refractivity contribution in [3.05, 3.63) is 303 Å². The number of rotatable bonds is 20. The number of ether oxygens (including phenoxy) is 3. The van der Waals surface area contributed by atoms with Gasteiger partial charge in [-0.15, -0.1) is 0 Å². The van der Waals surface area contributed by atoms with Gasteiger partial charge in [0.1, 0.15) is 26.6 Å². The van der Waals surface area contributed by atoms with Crippen molar-refractivity contribution < 1.29 is 192 Å². The maximum Gasteiger partial charge on any atom is 1.00 e. The summed E-state index contributed by atoms with van der Waals surface area (Å²) in [7, 11) is 7.61.